The average molecular weight is 266 g/mol. The molecule has 0 heterocycles. The van der Waals surface area contributed by atoms with Crippen LogP contribution >= 0.6 is 0 Å². The van der Waals surface area contributed by atoms with Crippen molar-refractivity contribution in [3.63, 3.8) is 0 Å². The second-order valence-electron chi connectivity index (χ2n) is 5.07. The van der Waals surface area contributed by atoms with E-state index >= 15 is 0 Å². The van der Waals surface area contributed by atoms with Gasteiger partial charge in [0.1, 0.15) is 12.4 Å². The summed E-state index contributed by atoms with van der Waals surface area (Å²) < 4.78 is 10.9. The number of benzene rings is 1. The largest absolute Gasteiger partial charge is 0.491 e. The van der Waals surface area contributed by atoms with E-state index in [1.807, 2.05) is 30.3 Å². The zero-order chi connectivity index (χ0) is 14.1. The first kappa shape index (κ1) is 15.5. The molecule has 4 nitrogen and oxygen atoms in total. The second-order valence-corrected chi connectivity index (χ2v) is 5.07. The van der Waals surface area contributed by atoms with Crippen molar-refractivity contribution < 1.29 is 19.4 Å². The van der Waals surface area contributed by atoms with Crippen molar-refractivity contribution in [3.05, 3.63) is 30.3 Å². The molecule has 0 spiro atoms. The maximum Gasteiger partial charge on any atom is 0.309 e. The molecular formula is C15H22O4. The molecule has 0 saturated carbocycles. The van der Waals surface area contributed by atoms with Gasteiger partial charge in [-0.2, -0.15) is 0 Å². The zero-order valence-corrected chi connectivity index (χ0v) is 11.6. The third-order valence-corrected chi connectivity index (χ3v) is 2.91. The molecule has 19 heavy (non-hydrogen) atoms. The third-order valence-electron chi connectivity index (χ3n) is 2.91. The van der Waals surface area contributed by atoms with E-state index in [4.69, 9.17) is 14.6 Å². The lowest BCUT2D eigenvalue weighted by atomic mass is 9.88. The Bertz CT molecular complexity index is 373. The number of aliphatic carboxylic acids is 1. The maximum absolute atomic E-state index is 10.9. The van der Waals surface area contributed by atoms with Crippen LogP contribution in [0.15, 0.2) is 30.3 Å². The van der Waals surface area contributed by atoms with Crippen LogP contribution in [-0.2, 0) is 9.53 Å². The van der Waals surface area contributed by atoms with Crippen molar-refractivity contribution in [2.75, 3.05) is 19.8 Å². The van der Waals surface area contributed by atoms with Crippen molar-refractivity contribution in [1.82, 2.24) is 0 Å². The van der Waals surface area contributed by atoms with E-state index in [0.717, 1.165) is 12.2 Å². The van der Waals surface area contributed by atoms with Crippen LogP contribution in [0.2, 0.25) is 0 Å². The maximum atomic E-state index is 10.9. The van der Waals surface area contributed by atoms with E-state index in [-0.39, 0.29) is 0 Å². The van der Waals surface area contributed by atoms with Gasteiger partial charge in [-0.15, -0.1) is 0 Å². The van der Waals surface area contributed by atoms with Gasteiger partial charge in [-0.1, -0.05) is 18.2 Å². The fraction of sp³-hybridized carbons (Fsp3) is 0.533. The normalized spacial score (nSPS) is 11.3. The first-order valence-electron chi connectivity index (χ1n) is 6.51. The highest BCUT2D eigenvalue weighted by molar-refractivity contribution is 5.73. The zero-order valence-electron chi connectivity index (χ0n) is 11.6. The highest BCUT2D eigenvalue weighted by Gasteiger charge is 2.25. The molecule has 0 aliphatic carbocycles. The van der Waals surface area contributed by atoms with Crippen LogP contribution in [0.5, 0.6) is 5.75 Å². The Balaban J connectivity index is 2.02. The van der Waals surface area contributed by atoms with Crippen LogP contribution in [0.1, 0.15) is 26.7 Å². The Kier molecular flexibility index (Phi) is 6.36. The first-order chi connectivity index (χ1) is 9.02. The molecule has 1 rings (SSSR count). The third kappa shape index (κ3) is 6.25. The van der Waals surface area contributed by atoms with E-state index in [9.17, 15) is 4.79 Å². The monoisotopic (exact) mass is 266 g/mol. The van der Waals surface area contributed by atoms with E-state index in [1.165, 1.54) is 0 Å². The smallest absolute Gasteiger partial charge is 0.309 e. The van der Waals surface area contributed by atoms with Crippen LogP contribution in [0, 0.1) is 5.41 Å². The van der Waals surface area contributed by atoms with Gasteiger partial charge in [-0.3, -0.25) is 4.79 Å². The molecule has 0 atom stereocenters. The standard InChI is InChI=1S/C15H22O4/c1-15(2,14(16)17)9-6-10-18-11-12-19-13-7-4-3-5-8-13/h3-5,7-8H,6,9-12H2,1-2H3,(H,16,17). The highest BCUT2D eigenvalue weighted by Crippen LogP contribution is 2.22. The number of carboxylic acids is 1. The molecule has 1 aromatic carbocycles. The topological polar surface area (TPSA) is 55.8 Å². The number of hydrogen-bond acceptors (Lipinski definition) is 3. The minimum absolute atomic E-state index is 0.506. The molecule has 0 saturated heterocycles. The van der Waals surface area contributed by atoms with E-state index in [1.54, 1.807) is 13.8 Å². The van der Waals surface area contributed by atoms with E-state index < -0.39 is 11.4 Å². The number of carbonyl (C=O) groups is 1. The van der Waals surface area contributed by atoms with Crippen molar-refractivity contribution >= 4 is 5.97 Å². The molecule has 1 aromatic rings. The van der Waals surface area contributed by atoms with E-state index in [0.29, 0.717) is 26.2 Å². The summed E-state index contributed by atoms with van der Waals surface area (Å²) in [6, 6.07) is 9.58. The predicted octanol–water partition coefficient (Wildman–Crippen LogP) is 2.97. The van der Waals surface area contributed by atoms with Crippen LogP contribution < -0.4 is 4.74 Å². The predicted molar refractivity (Wildman–Crippen MR) is 73.4 cm³/mol. The van der Waals surface area contributed by atoms with Gasteiger partial charge in [-0.25, -0.2) is 0 Å². The number of hydrogen-bond donors (Lipinski definition) is 1. The molecule has 0 aliphatic rings. The van der Waals surface area contributed by atoms with Crippen molar-refractivity contribution in [1.29, 1.82) is 0 Å². The number of para-hydroxylation sites is 1. The summed E-state index contributed by atoms with van der Waals surface area (Å²) in [5.74, 6) is 0.0676. The van der Waals surface area contributed by atoms with Gasteiger partial charge in [0.15, 0.2) is 0 Å². The SMILES string of the molecule is CC(C)(CCCOCCOc1ccccc1)C(=O)O. The summed E-state index contributed by atoms with van der Waals surface area (Å²) >= 11 is 0. The Morgan fingerprint density at radius 3 is 2.47 bits per heavy atom. The minimum atomic E-state index is -0.764. The molecule has 1 N–H and O–H groups in total. The quantitative estimate of drug-likeness (QED) is 0.698. The van der Waals surface area contributed by atoms with Crippen molar-refractivity contribution in [2.24, 2.45) is 5.41 Å². The summed E-state index contributed by atoms with van der Waals surface area (Å²) in [5, 5.41) is 8.95. The molecular weight excluding hydrogens is 244 g/mol. The first-order valence-corrected chi connectivity index (χ1v) is 6.51. The molecule has 0 bridgehead atoms. The molecule has 0 radical (unpaired) electrons. The summed E-state index contributed by atoms with van der Waals surface area (Å²) in [5.41, 5.74) is -0.677. The van der Waals surface area contributed by atoms with Gasteiger partial charge in [0.2, 0.25) is 0 Å². The Morgan fingerprint density at radius 2 is 1.84 bits per heavy atom. The van der Waals surface area contributed by atoms with Crippen LogP contribution in [0.4, 0.5) is 0 Å². The summed E-state index contributed by atoms with van der Waals surface area (Å²) in [4.78, 5) is 10.9. The Labute approximate surface area is 114 Å². The van der Waals surface area contributed by atoms with Crippen LogP contribution in [0.3, 0.4) is 0 Å². The van der Waals surface area contributed by atoms with Gasteiger partial charge in [0.05, 0.1) is 12.0 Å². The number of rotatable bonds is 9. The minimum Gasteiger partial charge on any atom is -0.491 e. The lowest BCUT2D eigenvalue weighted by molar-refractivity contribution is -0.147. The molecule has 0 aliphatic heterocycles. The Hall–Kier alpha value is -1.55. The van der Waals surface area contributed by atoms with Gasteiger partial charge in [0, 0.05) is 6.61 Å². The summed E-state index contributed by atoms with van der Waals surface area (Å²) in [6.45, 7) is 5.05. The fourth-order valence-corrected chi connectivity index (χ4v) is 1.56. The average Bonchev–Trinajstić information content (AvgIpc) is 2.38. The number of ether oxygens (including phenoxy) is 2. The lowest BCUT2D eigenvalue weighted by Gasteiger charge is -2.18. The molecule has 0 fully saturated rings. The van der Waals surface area contributed by atoms with Gasteiger partial charge < -0.3 is 14.6 Å². The van der Waals surface area contributed by atoms with Crippen molar-refractivity contribution in [3.8, 4) is 5.75 Å². The lowest BCUT2D eigenvalue weighted by Crippen LogP contribution is -2.24. The fourth-order valence-electron chi connectivity index (χ4n) is 1.56. The van der Waals surface area contributed by atoms with Crippen LogP contribution in [0.25, 0.3) is 0 Å². The molecule has 0 unspecified atom stereocenters. The molecule has 4 heteroatoms. The summed E-state index contributed by atoms with van der Waals surface area (Å²) in [7, 11) is 0. The van der Waals surface area contributed by atoms with E-state index in [2.05, 4.69) is 0 Å². The molecule has 0 aromatic heterocycles. The second kappa shape index (κ2) is 7.79. The van der Waals surface area contributed by atoms with Crippen LogP contribution in [-0.4, -0.2) is 30.9 Å². The van der Waals surface area contributed by atoms with Gasteiger partial charge in [-0.05, 0) is 38.8 Å². The highest BCUT2D eigenvalue weighted by atomic mass is 16.5. The molecule has 0 amide bonds. The van der Waals surface area contributed by atoms with Crippen molar-refractivity contribution in [2.45, 2.75) is 26.7 Å². The molecule has 106 valence electrons. The summed E-state index contributed by atoms with van der Waals surface area (Å²) in [6.07, 6.45) is 1.35. The van der Waals surface area contributed by atoms with Gasteiger partial charge >= 0.3 is 5.97 Å². The van der Waals surface area contributed by atoms with Gasteiger partial charge in [0.25, 0.3) is 0 Å². The number of carboxylic acid groups (broad SMARTS) is 1. The Morgan fingerprint density at radius 1 is 1.16 bits per heavy atom.